The highest BCUT2D eigenvalue weighted by molar-refractivity contribution is 7.11. The molecule has 2 heterocycles. The molecule has 0 radical (unpaired) electrons. The summed E-state index contributed by atoms with van der Waals surface area (Å²) in [5, 5.41) is 1.99. The van der Waals surface area contributed by atoms with Crippen LogP contribution >= 0.6 is 11.3 Å². The predicted octanol–water partition coefficient (Wildman–Crippen LogP) is 5.15. The van der Waals surface area contributed by atoms with Gasteiger partial charge >= 0.3 is 6.09 Å². The lowest BCUT2D eigenvalue weighted by Gasteiger charge is -2.18. The van der Waals surface area contributed by atoms with E-state index in [0.29, 0.717) is 0 Å². The van der Waals surface area contributed by atoms with E-state index in [1.165, 1.54) is 11.0 Å². The molecule has 1 aliphatic rings. The average Bonchev–Trinajstić information content (AvgIpc) is 3.34. The molecule has 1 unspecified atom stereocenters. The number of rotatable bonds is 4. The summed E-state index contributed by atoms with van der Waals surface area (Å²) < 4.78 is 5.12. The fourth-order valence-corrected chi connectivity index (χ4v) is 3.93. The molecule has 3 aromatic rings. The number of benzene rings is 2. The molecule has 27 heavy (non-hydrogen) atoms. The van der Waals surface area contributed by atoms with Crippen LogP contribution in [0, 0.1) is 0 Å². The van der Waals surface area contributed by atoms with E-state index in [4.69, 9.17) is 4.74 Å². The maximum Gasteiger partial charge on any atom is 0.417 e. The van der Waals surface area contributed by atoms with Gasteiger partial charge < -0.3 is 4.74 Å². The van der Waals surface area contributed by atoms with Crippen LogP contribution in [-0.2, 0) is 9.53 Å². The highest BCUT2D eigenvalue weighted by Gasteiger charge is 2.37. The minimum atomic E-state index is -0.604. The Balaban J connectivity index is 1.57. The fraction of sp³-hybridized carbons (Fsp3) is 0.0909. The zero-order valence-corrected chi connectivity index (χ0v) is 15.3. The topological polar surface area (TPSA) is 46.6 Å². The molecule has 134 valence electrons. The van der Waals surface area contributed by atoms with Gasteiger partial charge in [-0.2, -0.15) is 0 Å². The molecule has 1 aliphatic heterocycles. The Hall–Kier alpha value is -3.18. The predicted molar refractivity (Wildman–Crippen MR) is 106 cm³/mol. The van der Waals surface area contributed by atoms with Gasteiger partial charge in [0.15, 0.2) is 0 Å². The number of thiophene rings is 1. The van der Waals surface area contributed by atoms with Gasteiger partial charge in [-0.25, -0.2) is 9.69 Å². The van der Waals surface area contributed by atoms with E-state index >= 15 is 0 Å². The van der Waals surface area contributed by atoms with E-state index in [9.17, 15) is 9.59 Å². The van der Waals surface area contributed by atoms with Gasteiger partial charge in [-0.05, 0) is 34.2 Å². The van der Waals surface area contributed by atoms with Crippen LogP contribution in [0.2, 0.25) is 0 Å². The van der Waals surface area contributed by atoms with Crippen LogP contribution in [0.4, 0.5) is 4.79 Å². The van der Waals surface area contributed by atoms with Gasteiger partial charge in [0.25, 0.3) is 5.91 Å². The van der Waals surface area contributed by atoms with E-state index in [1.807, 2.05) is 72.1 Å². The van der Waals surface area contributed by atoms with Gasteiger partial charge in [-0.15, -0.1) is 11.3 Å². The standard InChI is InChI=1S/C22H17NO3S/c24-21(23-19(15-26-22(23)25)17-9-5-2-6-10-17)12-11-20-18(13-14-27-20)16-7-3-1-4-8-16/h1-14,19H,15H2/b12-11+. The van der Waals surface area contributed by atoms with Crippen molar-refractivity contribution in [3.8, 4) is 11.1 Å². The van der Waals surface area contributed by atoms with Crippen molar-refractivity contribution in [3.05, 3.63) is 88.6 Å². The number of amides is 2. The summed E-state index contributed by atoms with van der Waals surface area (Å²) in [6.45, 7) is 0.177. The molecular formula is C22H17NO3S. The first-order chi connectivity index (χ1) is 13.2. The largest absolute Gasteiger partial charge is 0.446 e. The normalized spacial score (nSPS) is 16.7. The smallest absolute Gasteiger partial charge is 0.417 e. The molecule has 1 fully saturated rings. The molecule has 0 spiro atoms. The van der Waals surface area contributed by atoms with Crippen molar-refractivity contribution in [2.24, 2.45) is 0 Å². The third kappa shape index (κ3) is 3.55. The summed E-state index contributed by atoms with van der Waals surface area (Å²) >= 11 is 1.55. The summed E-state index contributed by atoms with van der Waals surface area (Å²) in [6, 6.07) is 21.1. The summed E-state index contributed by atoms with van der Waals surface area (Å²) in [7, 11) is 0. The van der Waals surface area contributed by atoms with Crippen LogP contribution in [0.25, 0.3) is 17.2 Å². The number of hydrogen-bond acceptors (Lipinski definition) is 4. The lowest BCUT2D eigenvalue weighted by atomic mass is 10.1. The number of hydrogen-bond donors (Lipinski definition) is 0. The van der Waals surface area contributed by atoms with Crippen molar-refractivity contribution in [1.82, 2.24) is 4.90 Å². The van der Waals surface area contributed by atoms with E-state index in [0.717, 1.165) is 21.6 Å². The van der Waals surface area contributed by atoms with E-state index in [2.05, 4.69) is 0 Å². The van der Waals surface area contributed by atoms with E-state index in [-0.39, 0.29) is 12.5 Å². The molecular weight excluding hydrogens is 358 g/mol. The molecule has 0 N–H and O–H groups in total. The maximum absolute atomic E-state index is 12.7. The minimum absolute atomic E-state index is 0.177. The van der Waals surface area contributed by atoms with Gasteiger partial charge in [0.05, 0.1) is 0 Å². The first kappa shape index (κ1) is 17.2. The molecule has 0 bridgehead atoms. The SMILES string of the molecule is O=C(/C=C/c1sccc1-c1ccccc1)N1C(=O)OCC1c1ccccc1. The number of carbonyl (C=O) groups excluding carboxylic acids is 2. The Bertz CT molecular complexity index is 979. The Labute approximate surface area is 161 Å². The van der Waals surface area contributed by atoms with Crippen molar-refractivity contribution >= 4 is 29.4 Å². The lowest BCUT2D eigenvalue weighted by molar-refractivity contribution is -0.124. The molecule has 1 atom stereocenters. The molecule has 1 saturated heterocycles. The van der Waals surface area contributed by atoms with Gasteiger partial charge in [-0.3, -0.25) is 4.79 Å². The zero-order chi connectivity index (χ0) is 18.6. The second-order valence-corrected chi connectivity index (χ2v) is 7.06. The average molecular weight is 375 g/mol. The van der Waals surface area contributed by atoms with Crippen LogP contribution in [0.3, 0.4) is 0 Å². The molecule has 2 aromatic carbocycles. The summed E-state index contributed by atoms with van der Waals surface area (Å²) in [6.07, 6.45) is 2.61. The van der Waals surface area contributed by atoms with Crippen molar-refractivity contribution in [2.45, 2.75) is 6.04 Å². The highest BCUT2D eigenvalue weighted by Crippen LogP contribution is 2.31. The second kappa shape index (κ2) is 7.60. The van der Waals surface area contributed by atoms with Crippen LogP contribution in [0.5, 0.6) is 0 Å². The molecule has 1 aromatic heterocycles. The zero-order valence-electron chi connectivity index (χ0n) is 14.4. The Morgan fingerprint density at radius 3 is 2.48 bits per heavy atom. The Morgan fingerprint density at radius 1 is 1.04 bits per heavy atom. The maximum atomic E-state index is 12.7. The van der Waals surface area contributed by atoms with Gasteiger partial charge in [0.2, 0.25) is 0 Å². The molecule has 5 heteroatoms. The van der Waals surface area contributed by atoms with E-state index < -0.39 is 12.1 Å². The third-order valence-electron chi connectivity index (χ3n) is 4.45. The number of carbonyl (C=O) groups is 2. The summed E-state index contributed by atoms with van der Waals surface area (Å²) in [5.74, 6) is -0.376. The summed E-state index contributed by atoms with van der Waals surface area (Å²) in [5.41, 5.74) is 3.04. The second-order valence-electron chi connectivity index (χ2n) is 6.11. The Kier molecular flexibility index (Phi) is 4.85. The van der Waals surface area contributed by atoms with E-state index in [1.54, 1.807) is 17.4 Å². The Morgan fingerprint density at radius 2 is 1.74 bits per heavy atom. The van der Waals surface area contributed by atoms with Gasteiger partial charge in [0, 0.05) is 11.0 Å². The quantitative estimate of drug-likeness (QED) is 0.593. The number of ether oxygens (including phenoxy) is 1. The van der Waals surface area contributed by atoms with Crippen LogP contribution < -0.4 is 0 Å². The van der Waals surface area contributed by atoms with Crippen LogP contribution in [0.1, 0.15) is 16.5 Å². The highest BCUT2D eigenvalue weighted by atomic mass is 32.1. The number of imide groups is 1. The lowest BCUT2D eigenvalue weighted by Crippen LogP contribution is -2.32. The van der Waals surface area contributed by atoms with Crippen molar-refractivity contribution in [2.75, 3.05) is 6.61 Å². The number of cyclic esters (lactones) is 1. The first-order valence-corrected chi connectivity index (χ1v) is 9.48. The third-order valence-corrected chi connectivity index (χ3v) is 5.33. The molecule has 4 rings (SSSR count). The molecule has 0 saturated carbocycles. The first-order valence-electron chi connectivity index (χ1n) is 8.60. The van der Waals surface area contributed by atoms with Crippen molar-refractivity contribution in [3.63, 3.8) is 0 Å². The van der Waals surface area contributed by atoms with Crippen LogP contribution in [-0.4, -0.2) is 23.5 Å². The molecule has 4 nitrogen and oxygen atoms in total. The fourth-order valence-electron chi connectivity index (χ4n) is 3.12. The van der Waals surface area contributed by atoms with Gasteiger partial charge in [0.1, 0.15) is 12.6 Å². The van der Waals surface area contributed by atoms with Crippen molar-refractivity contribution < 1.29 is 14.3 Å². The van der Waals surface area contributed by atoms with Crippen molar-refractivity contribution in [1.29, 1.82) is 0 Å². The van der Waals surface area contributed by atoms with Crippen LogP contribution in [0.15, 0.2) is 78.2 Å². The monoisotopic (exact) mass is 375 g/mol. The molecule has 0 aliphatic carbocycles. The summed E-state index contributed by atoms with van der Waals surface area (Å²) in [4.78, 5) is 27.0. The van der Waals surface area contributed by atoms with Gasteiger partial charge in [-0.1, -0.05) is 60.7 Å². The molecule has 2 amide bonds. The minimum Gasteiger partial charge on any atom is -0.446 e. The number of nitrogens with zero attached hydrogens (tertiary/aromatic N) is 1.